The molecule has 4 aromatic heterocycles. The van der Waals surface area contributed by atoms with Crippen LogP contribution in [0.5, 0.6) is 0 Å². The first-order valence-electron chi connectivity index (χ1n) is 10.5. The minimum absolute atomic E-state index is 0.0922. The monoisotopic (exact) mass is 439 g/mol. The van der Waals surface area contributed by atoms with Crippen molar-refractivity contribution in [1.82, 2.24) is 29.8 Å². The predicted molar refractivity (Wildman–Crippen MR) is 110 cm³/mol. The Bertz CT molecular complexity index is 1360. The number of anilines is 1. The quantitative estimate of drug-likeness (QED) is 0.446. The van der Waals surface area contributed by atoms with Crippen LogP contribution >= 0.6 is 0 Å². The van der Waals surface area contributed by atoms with Gasteiger partial charge in [-0.05, 0) is 49.7 Å². The van der Waals surface area contributed by atoms with Crippen LogP contribution in [0.4, 0.5) is 14.6 Å². The third kappa shape index (κ3) is 2.84. The fourth-order valence-corrected chi connectivity index (χ4v) is 5.41. The molecule has 164 valence electrons. The van der Waals surface area contributed by atoms with Crippen LogP contribution in [0.2, 0.25) is 0 Å². The van der Waals surface area contributed by atoms with E-state index in [1.54, 1.807) is 0 Å². The van der Waals surface area contributed by atoms with E-state index in [0.717, 1.165) is 31.9 Å². The fraction of sp³-hybridized carbons (Fsp3) is 0.381. The summed E-state index contributed by atoms with van der Waals surface area (Å²) in [5, 5.41) is 24.7. The van der Waals surface area contributed by atoms with Crippen molar-refractivity contribution in [3.05, 3.63) is 36.2 Å². The third-order valence-electron chi connectivity index (χ3n) is 6.87. The van der Waals surface area contributed by atoms with Crippen LogP contribution in [-0.4, -0.2) is 46.9 Å². The summed E-state index contributed by atoms with van der Waals surface area (Å²) < 4.78 is 29.8. The van der Waals surface area contributed by atoms with Gasteiger partial charge in [0.1, 0.15) is 17.0 Å². The molecular weight excluding hydrogens is 420 g/mol. The van der Waals surface area contributed by atoms with E-state index >= 15 is 0 Å². The lowest BCUT2D eigenvalue weighted by atomic mass is 9.61. The molecule has 11 heteroatoms. The number of aliphatic carboxylic acids is 1. The summed E-state index contributed by atoms with van der Waals surface area (Å²) in [6, 6.07) is 2.18. The van der Waals surface area contributed by atoms with E-state index in [1.807, 2.05) is 0 Å². The summed E-state index contributed by atoms with van der Waals surface area (Å²) in [5.74, 6) is -1.84. The van der Waals surface area contributed by atoms with Gasteiger partial charge in [-0.15, -0.1) is 5.10 Å². The van der Waals surface area contributed by atoms with Gasteiger partial charge in [0.2, 0.25) is 5.82 Å². The second-order valence-electron chi connectivity index (χ2n) is 8.57. The number of nitrogens with zero attached hydrogens (tertiary/aromatic N) is 5. The number of carboxylic acid groups (broad SMARTS) is 1. The summed E-state index contributed by atoms with van der Waals surface area (Å²) in [6.45, 7) is 0. The van der Waals surface area contributed by atoms with Gasteiger partial charge in [-0.1, -0.05) is 0 Å². The van der Waals surface area contributed by atoms with Gasteiger partial charge in [0.25, 0.3) is 0 Å². The zero-order valence-electron chi connectivity index (χ0n) is 16.8. The van der Waals surface area contributed by atoms with Crippen LogP contribution in [0, 0.1) is 29.4 Å². The van der Waals surface area contributed by atoms with E-state index in [1.165, 1.54) is 22.8 Å². The van der Waals surface area contributed by atoms with Gasteiger partial charge in [0.05, 0.1) is 17.5 Å². The van der Waals surface area contributed by atoms with Crippen molar-refractivity contribution in [3.63, 3.8) is 0 Å². The Balaban J connectivity index is 1.48. The number of pyridine rings is 1. The van der Waals surface area contributed by atoms with Gasteiger partial charge < -0.3 is 10.4 Å². The maximum atomic E-state index is 14.6. The zero-order valence-corrected chi connectivity index (χ0v) is 16.8. The van der Waals surface area contributed by atoms with Crippen molar-refractivity contribution in [2.24, 2.45) is 17.8 Å². The maximum Gasteiger partial charge on any atom is 0.308 e. The summed E-state index contributed by atoms with van der Waals surface area (Å²) in [7, 11) is 0. The van der Waals surface area contributed by atoms with Gasteiger partial charge in [-0.3, -0.25) is 9.89 Å². The Labute approximate surface area is 179 Å². The number of aromatic nitrogens is 6. The third-order valence-corrected chi connectivity index (χ3v) is 6.87. The Morgan fingerprint density at radius 2 is 2.00 bits per heavy atom. The molecule has 0 aliphatic heterocycles. The number of aromatic amines is 1. The molecule has 3 fully saturated rings. The summed E-state index contributed by atoms with van der Waals surface area (Å²) in [5.41, 5.74) is 0.771. The maximum absolute atomic E-state index is 14.6. The molecule has 0 spiro atoms. The SMILES string of the molecule is O=C(O)[C@H]1C2CCC(CC2)[C@@H]1Nc1nc(-c2[nH]nc3ncc(F)cc23)nn2ccc(F)c12. The van der Waals surface area contributed by atoms with E-state index in [9.17, 15) is 18.7 Å². The van der Waals surface area contributed by atoms with E-state index < -0.39 is 23.5 Å². The summed E-state index contributed by atoms with van der Waals surface area (Å²) in [4.78, 5) is 20.5. The van der Waals surface area contributed by atoms with Crippen LogP contribution in [0.25, 0.3) is 28.1 Å². The van der Waals surface area contributed by atoms with E-state index in [-0.39, 0.29) is 35.0 Å². The first-order chi connectivity index (χ1) is 15.5. The van der Waals surface area contributed by atoms with Crippen molar-refractivity contribution in [2.75, 3.05) is 5.32 Å². The number of rotatable bonds is 4. The number of hydrogen-bond acceptors (Lipinski definition) is 6. The molecule has 0 unspecified atom stereocenters. The van der Waals surface area contributed by atoms with Crippen molar-refractivity contribution in [1.29, 1.82) is 0 Å². The number of hydrogen-bond donors (Lipinski definition) is 3. The standard InChI is InChI=1S/C21H19F2N7O2/c22-11-7-12-16(27-28-18(12)24-8-11)19-26-20(17-13(23)5-6-30(17)29-19)25-15-10-3-1-9(2-4-10)14(15)21(31)32/h5-10,14-15H,1-4H2,(H,31,32)(H,24,27,28)(H,25,26,29)/t9?,10?,14-,15-/m0/s1. The molecule has 0 saturated heterocycles. The number of carboxylic acids is 1. The molecule has 0 aromatic carbocycles. The van der Waals surface area contributed by atoms with Gasteiger partial charge in [0, 0.05) is 12.2 Å². The average molecular weight is 439 g/mol. The first kappa shape index (κ1) is 19.1. The fourth-order valence-electron chi connectivity index (χ4n) is 5.41. The van der Waals surface area contributed by atoms with Gasteiger partial charge in [0.15, 0.2) is 17.3 Å². The lowest BCUT2D eigenvalue weighted by molar-refractivity contribution is -0.148. The molecule has 3 N–H and O–H groups in total. The van der Waals surface area contributed by atoms with E-state index in [2.05, 4.69) is 30.6 Å². The second kappa shape index (κ2) is 6.94. The highest BCUT2D eigenvalue weighted by atomic mass is 19.1. The van der Waals surface area contributed by atoms with Gasteiger partial charge in [-0.2, -0.15) is 5.10 Å². The van der Waals surface area contributed by atoms with Gasteiger partial charge >= 0.3 is 5.97 Å². The van der Waals surface area contributed by atoms with Gasteiger partial charge in [-0.25, -0.2) is 23.3 Å². The Kier molecular flexibility index (Phi) is 4.14. The molecule has 4 heterocycles. The Morgan fingerprint density at radius 3 is 2.78 bits per heavy atom. The molecular formula is C21H19F2N7O2. The Morgan fingerprint density at radius 1 is 1.22 bits per heavy atom. The number of carbonyl (C=O) groups is 1. The van der Waals surface area contributed by atoms with E-state index in [4.69, 9.17) is 0 Å². The molecule has 0 amide bonds. The second-order valence-corrected chi connectivity index (χ2v) is 8.57. The minimum atomic E-state index is -0.848. The smallest absolute Gasteiger partial charge is 0.308 e. The van der Waals surface area contributed by atoms with Crippen molar-refractivity contribution < 1.29 is 18.7 Å². The molecule has 3 aliphatic carbocycles. The number of fused-ring (bicyclic) bond motifs is 5. The first-order valence-corrected chi connectivity index (χ1v) is 10.5. The van der Waals surface area contributed by atoms with Crippen LogP contribution in [0.1, 0.15) is 25.7 Å². The lowest BCUT2D eigenvalue weighted by Gasteiger charge is -2.47. The largest absolute Gasteiger partial charge is 0.481 e. The predicted octanol–water partition coefficient (Wildman–Crippen LogP) is 3.25. The highest BCUT2D eigenvalue weighted by Crippen LogP contribution is 2.46. The van der Waals surface area contributed by atoms with Crippen LogP contribution in [0.3, 0.4) is 0 Å². The molecule has 3 saturated carbocycles. The average Bonchev–Trinajstić information content (AvgIpc) is 3.37. The highest BCUT2D eigenvalue weighted by molar-refractivity contribution is 5.89. The number of nitrogens with one attached hydrogen (secondary N) is 2. The molecule has 7 rings (SSSR count). The normalized spacial score (nSPS) is 24.9. The van der Waals surface area contributed by atoms with Crippen molar-refractivity contribution in [2.45, 2.75) is 31.7 Å². The van der Waals surface area contributed by atoms with Crippen molar-refractivity contribution in [3.8, 4) is 11.5 Å². The molecule has 3 aliphatic rings. The molecule has 2 atom stereocenters. The lowest BCUT2D eigenvalue weighted by Crippen LogP contribution is -2.51. The van der Waals surface area contributed by atoms with Crippen LogP contribution in [0.15, 0.2) is 24.5 Å². The molecule has 0 radical (unpaired) electrons. The van der Waals surface area contributed by atoms with Crippen LogP contribution < -0.4 is 5.32 Å². The summed E-state index contributed by atoms with van der Waals surface area (Å²) >= 11 is 0. The zero-order chi connectivity index (χ0) is 22.0. The van der Waals surface area contributed by atoms with Crippen LogP contribution in [-0.2, 0) is 4.79 Å². The molecule has 32 heavy (non-hydrogen) atoms. The van der Waals surface area contributed by atoms with Crippen molar-refractivity contribution >= 4 is 28.3 Å². The number of H-pyrrole nitrogens is 1. The number of halogens is 2. The summed E-state index contributed by atoms with van der Waals surface area (Å²) in [6.07, 6.45) is 6.17. The topological polar surface area (TPSA) is 121 Å². The minimum Gasteiger partial charge on any atom is -0.481 e. The molecule has 4 aromatic rings. The highest BCUT2D eigenvalue weighted by Gasteiger charge is 2.47. The molecule has 2 bridgehead atoms. The Hall–Kier alpha value is -3.63. The molecule has 9 nitrogen and oxygen atoms in total. The van der Waals surface area contributed by atoms with E-state index in [0.29, 0.717) is 16.7 Å².